The van der Waals surface area contributed by atoms with Gasteiger partial charge in [-0.3, -0.25) is 0 Å². The van der Waals surface area contributed by atoms with Gasteiger partial charge in [0.25, 0.3) is 0 Å². The van der Waals surface area contributed by atoms with Gasteiger partial charge in [0.1, 0.15) is 5.52 Å². The smallest absolute Gasteiger partial charge is 0.246 e. The molecule has 2 aromatic rings. The zero-order chi connectivity index (χ0) is 8.97. The summed E-state index contributed by atoms with van der Waals surface area (Å²) in [5.41, 5.74) is 2.56. The SMILES string of the molecule is CC.Cc1ccnc2ocnc12. The maximum absolute atomic E-state index is 4.98. The third-order valence-corrected chi connectivity index (χ3v) is 1.44. The van der Waals surface area contributed by atoms with E-state index >= 15 is 0 Å². The molecule has 0 atom stereocenters. The molecule has 0 bridgehead atoms. The van der Waals surface area contributed by atoms with Crippen molar-refractivity contribution in [2.24, 2.45) is 0 Å². The maximum Gasteiger partial charge on any atom is 0.246 e. The van der Waals surface area contributed by atoms with Crippen LogP contribution >= 0.6 is 0 Å². The van der Waals surface area contributed by atoms with Crippen LogP contribution in [0.5, 0.6) is 0 Å². The van der Waals surface area contributed by atoms with Crippen LogP contribution in [-0.4, -0.2) is 9.97 Å². The monoisotopic (exact) mass is 164 g/mol. The summed E-state index contributed by atoms with van der Waals surface area (Å²) in [7, 11) is 0. The number of hydrogen-bond acceptors (Lipinski definition) is 3. The molecular formula is C9H12N2O. The van der Waals surface area contributed by atoms with Crippen LogP contribution in [0, 0.1) is 6.92 Å². The van der Waals surface area contributed by atoms with Gasteiger partial charge in [-0.25, -0.2) is 9.97 Å². The first-order valence-electron chi connectivity index (χ1n) is 4.03. The zero-order valence-corrected chi connectivity index (χ0v) is 7.53. The summed E-state index contributed by atoms with van der Waals surface area (Å²) >= 11 is 0. The molecule has 0 aromatic carbocycles. The van der Waals surface area contributed by atoms with Gasteiger partial charge in [-0.1, -0.05) is 13.8 Å². The quantitative estimate of drug-likeness (QED) is 0.600. The Morgan fingerprint density at radius 1 is 1.25 bits per heavy atom. The second-order valence-electron chi connectivity index (χ2n) is 2.13. The summed E-state index contributed by atoms with van der Waals surface area (Å²) in [6.07, 6.45) is 3.12. The summed E-state index contributed by atoms with van der Waals surface area (Å²) < 4.78 is 4.98. The number of aryl methyl sites for hydroxylation is 1. The Kier molecular flexibility index (Phi) is 2.80. The van der Waals surface area contributed by atoms with E-state index in [-0.39, 0.29) is 0 Å². The second-order valence-corrected chi connectivity index (χ2v) is 2.13. The van der Waals surface area contributed by atoms with Crippen molar-refractivity contribution in [1.29, 1.82) is 0 Å². The molecule has 2 heterocycles. The lowest BCUT2D eigenvalue weighted by atomic mass is 10.3. The van der Waals surface area contributed by atoms with Crippen LogP contribution in [0.1, 0.15) is 19.4 Å². The summed E-state index contributed by atoms with van der Waals surface area (Å²) in [6, 6.07) is 1.91. The van der Waals surface area contributed by atoms with E-state index in [2.05, 4.69) is 9.97 Å². The molecule has 0 aliphatic carbocycles. The van der Waals surface area contributed by atoms with Crippen LogP contribution < -0.4 is 0 Å². The van der Waals surface area contributed by atoms with Crippen molar-refractivity contribution in [2.75, 3.05) is 0 Å². The molecule has 2 rings (SSSR count). The maximum atomic E-state index is 4.98. The number of aromatic nitrogens is 2. The van der Waals surface area contributed by atoms with Crippen LogP contribution in [0.15, 0.2) is 23.1 Å². The van der Waals surface area contributed by atoms with Crippen molar-refractivity contribution in [1.82, 2.24) is 9.97 Å². The fraction of sp³-hybridized carbons (Fsp3) is 0.333. The van der Waals surface area contributed by atoms with Crippen LogP contribution in [0.3, 0.4) is 0 Å². The summed E-state index contributed by atoms with van der Waals surface area (Å²) in [4.78, 5) is 7.96. The van der Waals surface area contributed by atoms with Gasteiger partial charge in [-0.05, 0) is 18.6 Å². The third kappa shape index (κ3) is 1.44. The molecule has 0 amide bonds. The summed E-state index contributed by atoms with van der Waals surface area (Å²) in [6.45, 7) is 5.98. The van der Waals surface area contributed by atoms with Gasteiger partial charge in [-0.15, -0.1) is 0 Å². The first kappa shape index (κ1) is 8.71. The summed E-state index contributed by atoms with van der Waals surface area (Å²) in [5, 5.41) is 0. The normalized spacial score (nSPS) is 9.25. The number of pyridine rings is 1. The van der Waals surface area contributed by atoms with Gasteiger partial charge in [0.15, 0.2) is 6.39 Å². The van der Waals surface area contributed by atoms with Gasteiger partial charge in [0, 0.05) is 6.20 Å². The molecule has 0 saturated carbocycles. The zero-order valence-electron chi connectivity index (χ0n) is 7.53. The molecule has 64 valence electrons. The molecule has 0 unspecified atom stereocenters. The van der Waals surface area contributed by atoms with E-state index in [1.54, 1.807) is 6.20 Å². The molecule has 0 fully saturated rings. The summed E-state index contributed by atoms with van der Waals surface area (Å²) in [5.74, 6) is 0. The Morgan fingerprint density at radius 3 is 2.67 bits per heavy atom. The fourth-order valence-corrected chi connectivity index (χ4v) is 0.898. The van der Waals surface area contributed by atoms with E-state index in [0.29, 0.717) is 5.71 Å². The van der Waals surface area contributed by atoms with Crippen LogP contribution in [0.4, 0.5) is 0 Å². The Bertz CT molecular complexity index is 354. The van der Waals surface area contributed by atoms with E-state index in [1.807, 2.05) is 26.8 Å². The van der Waals surface area contributed by atoms with Gasteiger partial charge in [0.05, 0.1) is 0 Å². The minimum absolute atomic E-state index is 0.611. The molecule has 2 aromatic heterocycles. The molecule has 12 heavy (non-hydrogen) atoms. The van der Waals surface area contributed by atoms with Crippen molar-refractivity contribution < 1.29 is 4.42 Å². The lowest BCUT2D eigenvalue weighted by Gasteiger charge is -1.87. The number of oxazole rings is 1. The van der Waals surface area contributed by atoms with Gasteiger partial charge < -0.3 is 4.42 Å². The van der Waals surface area contributed by atoms with Gasteiger partial charge >= 0.3 is 0 Å². The molecule has 0 radical (unpaired) electrons. The van der Waals surface area contributed by atoms with E-state index in [0.717, 1.165) is 11.1 Å². The molecule has 3 heteroatoms. The van der Waals surface area contributed by atoms with Gasteiger partial charge in [0.2, 0.25) is 5.71 Å². The predicted molar refractivity (Wildman–Crippen MR) is 47.9 cm³/mol. The highest BCUT2D eigenvalue weighted by Gasteiger charge is 1.99. The second kappa shape index (κ2) is 3.85. The molecule has 0 saturated heterocycles. The topological polar surface area (TPSA) is 38.9 Å². The van der Waals surface area contributed by atoms with E-state index in [9.17, 15) is 0 Å². The van der Waals surface area contributed by atoms with Gasteiger partial charge in [-0.2, -0.15) is 0 Å². The first-order valence-corrected chi connectivity index (χ1v) is 4.03. The number of hydrogen-bond donors (Lipinski definition) is 0. The number of rotatable bonds is 0. The predicted octanol–water partition coefficient (Wildman–Crippen LogP) is 2.56. The molecule has 0 N–H and O–H groups in total. The molecular weight excluding hydrogens is 152 g/mol. The average molecular weight is 164 g/mol. The van der Waals surface area contributed by atoms with Crippen molar-refractivity contribution in [2.45, 2.75) is 20.8 Å². The number of nitrogens with zero attached hydrogens (tertiary/aromatic N) is 2. The molecule has 0 spiro atoms. The van der Waals surface area contributed by atoms with E-state index < -0.39 is 0 Å². The first-order chi connectivity index (χ1) is 5.88. The lowest BCUT2D eigenvalue weighted by Crippen LogP contribution is -1.77. The van der Waals surface area contributed by atoms with E-state index in [1.165, 1.54) is 6.39 Å². The largest absolute Gasteiger partial charge is 0.425 e. The van der Waals surface area contributed by atoms with Crippen molar-refractivity contribution in [3.05, 3.63) is 24.2 Å². The Hall–Kier alpha value is -1.38. The highest BCUT2D eigenvalue weighted by atomic mass is 16.3. The standard InChI is InChI=1S/C7H6N2O.C2H6/c1-5-2-3-8-7-6(5)9-4-10-7;1-2/h2-4H,1H3;1-2H3. The molecule has 3 nitrogen and oxygen atoms in total. The van der Waals surface area contributed by atoms with Crippen molar-refractivity contribution in [3.63, 3.8) is 0 Å². The highest BCUT2D eigenvalue weighted by molar-refractivity contribution is 5.71. The van der Waals surface area contributed by atoms with E-state index in [4.69, 9.17) is 4.42 Å². The van der Waals surface area contributed by atoms with Crippen LogP contribution in [0.25, 0.3) is 11.2 Å². The van der Waals surface area contributed by atoms with Crippen molar-refractivity contribution >= 4 is 11.2 Å². The molecule has 0 aliphatic rings. The highest BCUT2D eigenvalue weighted by Crippen LogP contribution is 2.11. The van der Waals surface area contributed by atoms with Crippen LogP contribution in [0.2, 0.25) is 0 Å². The number of fused-ring (bicyclic) bond motifs is 1. The Balaban J connectivity index is 0.000000336. The lowest BCUT2D eigenvalue weighted by molar-refractivity contribution is 0.590. The van der Waals surface area contributed by atoms with Crippen LogP contribution in [-0.2, 0) is 0 Å². The fourth-order valence-electron chi connectivity index (χ4n) is 0.898. The minimum Gasteiger partial charge on any atom is -0.425 e. The Morgan fingerprint density at radius 2 is 2.00 bits per heavy atom. The minimum atomic E-state index is 0.611. The van der Waals surface area contributed by atoms with Crippen molar-refractivity contribution in [3.8, 4) is 0 Å². The third-order valence-electron chi connectivity index (χ3n) is 1.44. The average Bonchev–Trinajstić information content (AvgIpc) is 2.57. The Labute approximate surface area is 71.4 Å². The molecule has 0 aliphatic heterocycles.